The van der Waals surface area contributed by atoms with Crippen LogP contribution in [0.1, 0.15) is 16.1 Å². The van der Waals surface area contributed by atoms with E-state index in [9.17, 15) is 4.79 Å². The average molecular weight is 398 g/mol. The number of carbonyl (C=O) groups excluding carboxylic acids is 1. The van der Waals surface area contributed by atoms with Crippen LogP contribution in [-0.4, -0.2) is 44.2 Å². The lowest BCUT2D eigenvalue weighted by Gasteiger charge is -2.25. The Morgan fingerprint density at radius 1 is 1.11 bits per heavy atom. The summed E-state index contributed by atoms with van der Waals surface area (Å²) in [6.07, 6.45) is 2.78. The van der Waals surface area contributed by atoms with E-state index in [1.807, 2.05) is 18.2 Å². The van der Waals surface area contributed by atoms with Gasteiger partial charge in [-0.2, -0.15) is 0 Å². The Morgan fingerprint density at radius 2 is 1.82 bits per heavy atom. The normalized spacial score (nSPS) is 14.9. The third-order valence-corrected chi connectivity index (χ3v) is 6.23. The number of fused-ring (bicyclic) bond motifs is 1. The lowest BCUT2D eigenvalue weighted by atomic mass is 10.2. The fourth-order valence-corrected chi connectivity index (χ4v) is 4.62. The van der Waals surface area contributed by atoms with Gasteiger partial charge in [0.05, 0.1) is 23.9 Å². The Hall–Kier alpha value is -3.00. The Bertz CT molecular complexity index is 1000. The molecule has 0 atom stereocenters. The molecular weight excluding hydrogens is 374 g/mol. The summed E-state index contributed by atoms with van der Waals surface area (Å²) >= 11 is 1.26. The van der Waals surface area contributed by atoms with Crippen molar-refractivity contribution < 1.29 is 9.53 Å². The second-order valence-electron chi connectivity index (χ2n) is 6.75. The molecule has 0 bridgehead atoms. The van der Waals surface area contributed by atoms with Crippen LogP contribution in [0.2, 0.25) is 0 Å². The molecule has 0 unspecified atom stereocenters. The number of anilines is 3. The van der Waals surface area contributed by atoms with Crippen molar-refractivity contribution in [3.05, 3.63) is 41.4 Å². The monoisotopic (exact) mass is 397 g/mol. The molecule has 0 aliphatic carbocycles. The number of aromatic nitrogens is 1. The van der Waals surface area contributed by atoms with Crippen molar-refractivity contribution in [2.75, 3.05) is 48.8 Å². The van der Waals surface area contributed by atoms with Gasteiger partial charge in [-0.15, -0.1) is 11.3 Å². The van der Waals surface area contributed by atoms with Crippen molar-refractivity contribution in [1.29, 1.82) is 0 Å². The summed E-state index contributed by atoms with van der Waals surface area (Å²) in [5, 5.41) is 0.833. The van der Waals surface area contributed by atoms with Crippen LogP contribution in [0.25, 0.3) is 10.2 Å². The number of amides is 1. The third kappa shape index (κ3) is 3.31. The van der Waals surface area contributed by atoms with Gasteiger partial charge in [0.2, 0.25) is 0 Å². The number of ether oxygens (including phenoxy) is 1. The van der Waals surface area contributed by atoms with Crippen molar-refractivity contribution in [3.8, 4) is 5.75 Å². The van der Waals surface area contributed by atoms with Crippen molar-refractivity contribution in [1.82, 2.24) is 4.98 Å². The minimum absolute atomic E-state index is 0.379. The van der Waals surface area contributed by atoms with Crippen molar-refractivity contribution >= 4 is 44.5 Å². The fourth-order valence-electron chi connectivity index (χ4n) is 3.68. The molecule has 1 aromatic carbocycles. The number of nitrogens with two attached hydrogens (primary N) is 2. The summed E-state index contributed by atoms with van der Waals surface area (Å²) in [7, 11) is 1.67. The highest BCUT2D eigenvalue weighted by Gasteiger charge is 2.22. The number of rotatable bonds is 4. The molecule has 8 heteroatoms. The van der Waals surface area contributed by atoms with Crippen molar-refractivity contribution in [2.45, 2.75) is 6.42 Å². The molecule has 2 aromatic heterocycles. The second-order valence-corrected chi connectivity index (χ2v) is 7.74. The summed E-state index contributed by atoms with van der Waals surface area (Å²) in [5.41, 5.74) is 14.4. The molecule has 3 aromatic rings. The van der Waals surface area contributed by atoms with Gasteiger partial charge in [-0.25, -0.2) is 4.98 Å². The standard InChI is InChI=1S/C20H23N5O2S/c1-27-14-5-3-13(4-6-14)24-9-2-10-25(12-11-24)15-7-8-23-20-16(15)17(21)18(28-20)19(22)26/h3-8H,2,9-12,21H2,1H3,(H2,22,26). The zero-order valence-corrected chi connectivity index (χ0v) is 16.5. The molecule has 7 nitrogen and oxygen atoms in total. The fraction of sp³-hybridized carbons (Fsp3) is 0.300. The van der Waals surface area contributed by atoms with E-state index in [1.54, 1.807) is 13.3 Å². The van der Waals surface area contributed by atoms with Gasteiger partial charge in [-0.05, 0) is 36.8 Å². The van der Waals surface area contributed by atoms with E-state index in [2.05, 4.69) is 26.9 Å². The molecule has 146 valence electrons. The van der Waals surface area contributed by atoms with Crippen LogP contribution in [0.4, 0.5) is 17.1 Å². The number of hydrogen-bond acceptors (Lipinski definition) is 7. The SMILES string of the molecule is COc1ccc(N2CCCN(c3ccnc4sc(C(N)=O)c(N)c34)CC2)cc1. The van der Waals surface area contributed by atoms with E-state index in [-0.39, 0.29) is 0 Å². The van der Waals surface area contributed by atoms with Crippen molar-refractivity contribution in [3.63, 3.8) is 0 Å². The van der Waals surface area contributed by atoms with Crippen LogP contribution in [-0.2, 0) is 0 Å². The minimum Gasteiger partial charge on any atom is -0.497 e. The van der Waals surface area contributed by atoms with Crippen LogP contribution in [0.15, 0.2) is 36.5 Å². The highest BCUT2D eigenvalue weighted by Crippen LogP contribution is 2.38. The predicted octanol–water partition coefficient (Wildman–Crippen LogP) is 2.70. The van der Waals surface area contributed by atoms with E-state index in [0.29, 0.717) is 10.6 Å². The molecule has 28 heavy (non-hydrogen) atoms. The first-order chi connectivity index (χ1) is 13.6. The molecule has 0 radical (unpaired) electrons. The summed E-state index contributed by atoms with van der Waals surface area (Å²) < 4.78 is 5.25. The topological polar surface area (TPSA) is 97.7 Å². The minimum atomic E-state index is -0.506. The zero-order valence-electron chi connectivity index (χ0n) is 15.7. The number of nitrogens with zero attached hydrogens (tertiary/aromatic N) is 3. The Kier molecular flexibility index (Phi) is 4.95. The molecule has 4 N–H and O–H groups in total. The smallest absolute Gasteiger partial charge is 0.260 e. The maximum absolute atomic E-state index is 11.7. The Labute approximate surface area is 167 Å². The van der Waals surface area contributed by atoms with Gasteiger partial charge in [-0.1, -0.05) is 0 Å². The van der Waals surface area contributed by atoms with E-state index < -0.39 is 5.91 Å². The van der Waals surface area contributed by atoms with Crippen LogP contribution in [0.5, 0.6) is 5.75 Å². The Balaban J connectivity index is 1.60. The van der Waals surface area contributed by atoms with E-state index in [0.717, 1.165) is 54.3 Å². The molecule has 1 aliphatic heterocycles. The first-order valence-corrected chi connectivity index (χ1v) is 10.0. The van der Waals surface area contributed by atoms with E-state index >= 15 is 0 Å². The van der Waals surface area contributed by atoms with Gasteiger partial charge in [0.25, 0.3) is 5.91 Å². The third-order valence-electron chi connectivity index (χ3n) is 5.10. The number of pyridine rings is 1. The lowest BCUT2D eigenvalue weighted by molar-refractivity contribution is 0.100. The van der Waals surface area contributed by atoms with Gasteiger partial charge in [0.15, 0.2) is 0 Å². The number of primary amides is 1. The van der Waals surface area contributed by atoms with Gasteiger partial charge in [0.1, 0.15) is 15.5 Å². The number of benzene rings is 1. The van der Waals surface area contributed by atoms with Crippen LogP contribution < -0.4 is 26.0 Å². The van der Waals surface area contributed by atoms with E-state index in [4.69, 9.17) is 16.2 Å². The zero-order chi connectivity index (χ0) is 19.7. The van der Waals surface area contributed by atoms with Gasteiger partial charge in [-0.3, -0.25) is 4.79 Å². The largest absolute Gasteiger partial charge is 0.497 e. The average Bonchev–Trinajstić information content (AvgIpc) is 2.90. The highest BCUT2D eigenvalue weighted by molar-refractivity contribution is 7.21. The predicted molar refractivity (Wildman–Crippen MR) is 115 cm³/mol. The number of methoxy groups -OCH3 is 1. The summed E-state index contributed by atoms with van der Waals surface area (Å²) in [6, 6.07) is 10.1. The number of nitrogen functional groups attached to an aromatic ring is 1. The molecule has 1 aliphatic rings. The van der Waals surface area contributed by atoms with Crippen LogP contribution >= 0.6 is 11.3 Å². The quantitative estimate of drug-likeness (QED) is 0.702. The molecule has 1 fully saturated rings. The highest BCUT2D eigenvalue weighted by atomic mass is 32.1. The summed E-state index contributed by atoms with van der Waals surface area (Å²) in [6.45, 7) is 3.63. The Morgan fingerprint density at radius 3 is 2.54 bits per heavy atom. The summed E-state index contributed by atoms with van der Waals surface area (Å²) in [4.78, 5) is 21.9. The molecule has 1 amide bonds. The molecule has 3 heterocycles. The molecule has 4 rings (SSSR count). The first kappa shape index (κ1) is 18.4. The first-order valence-electron chi connectivity index (χ1n) is 9.19. The van der Waals surface area contributed by atoms with Gasteiger partial charge in [0, 0.05) is 38.1 Å². The maximum atomic E-state index is 11.7. The van der Waals surface area contributed by atoms with E-state index in [1.165, 1.54) is 17.0 Å². The summed E-state index contributed by atoms with van der Waals surface area (Å²) in [5.74, 6) is 0.352. The lowest BCUT2D eigenvalue weighted by Crippen LogP contribution is -2.30. The van der Waals surface area contributed by atoms with Gasteiger partial charge < -0.3 is 26.0 Å². The second kappa shape index (κ2) is 7.55. The molecule has 0 saturated carbocycles. The molecular formula is C20H23N5O2S. The van der Waals surface area contributed by atoms with Gasteiger partial charge >= 0.3 is 0 Å². The molecule has 0 spiro atoms. The molecule has 1 saturated heterocycles. The van der Waals surface area contributed by atoms with Crippen LogP contribution in [0.3, 0.4) is 0 Å². The number of thiophene rings is 1. The maximum Gasteiger partial charge on any atom is 0.260 e. The number of carbonyl (C=O) groups is 1. The van der Waals surface area contributed by atoms with Crippen molar-refractivity contribution in [2.24, 2.45) is 5.73 Å². The van der Waals surface area contributed by atoms with Crippen LogP contribution in [0, 0.1) is 0 Å². The number of hydrogen-bond donors (Lipinski definition) is 2.